The van der Waals surface area contributed by atoms with Gasteiger partial charge in [0.2, 0.25) is 0 Å². The van der Waals surface area contributed by atoms with Crippen molar-refractivity contribution in [2.75, 3.05) is 13.7 Å². The molecule has 0 fully saturated rings. The number of ether oxygens (including phenoxy) is 1. The van der Waals surface area contributed by atoms with Crippen LogP contribution < -0.4 is 0 Å². The normalized spacial score (nSPS) is 24.2. The highest BCUT2D eigenvalue weighted by Gasteiger charge is 2.20. The molecule has 0 saturated carbocycles. The highest BCUT2D eigenvalue weighted by atomic mass is 16.5. The van der Waals surface area contributed by atoms with Crippen molar-refractivity contribution in [3.8, 4) is 0 Å². The highest BCUT2D eigenvalue weighted by molar-refractivity contribution is 6.36. The van der Waals surface area contributed by atoms with E-state index in [4.69, 9.17) is 0 Å². The second-order valence-electron chi connectivity index (χ2n) is 2.59. The lowest BCUT2D eigenvalue weighted by Gasteiger charge is -1.97. The molecule has 1 aliphatic heterocycles. The molecule has 0 spiro atoms. The average Bonchev–Trinajstić information content (AvgIpc) is 2.34. The quantitative estimate of drug-likeness (QED) is 0.502. The third kappa shape index (κ3) is 1.35. The van der Waals surface area contributed by atoms with Gasteiger partial charge in [-0.1, -0.05) is 6.92 Å². The van der Waals surface area contributed by atoms with Crippen molar-refractivity contribution in [2.24, 2.45) is 10.9 Å². The summed E-state index contributed by atoms with van der Waals surface area (Å²) in [6.07, 6.45) is 0.771. The van der Waals surface area contributed by atoms with Crippen LogP contribution >= 0.6 is 0 Å². The first-order valence-electron chi connectivity index (χ1n) is 3.35. The zero-order chi connectivity index (χ0) is 7.56. The molecule has 56 valence electrons. The summed E-state index contributed by atoms with van der Waals surface area (Å²) in [5.41, 5.74) is 0.593. The number of hydrogen-bond acceptors (Lipinski definition) is 3. The first kappa shape index (κ1) is 7.25. The fraction of sp³-hybridized carbons (Fsp3) is 0.714. The van der Waals surface area contributed by atoms with Gasteiger partial charge in [0.25, 0.3) is 0 Å². The number of esters is 1. The van der Waals surface area contributed by atoms with E-state index in [2.05, 4.69) is 16.7 Å². The highest BCUT2D eigenvalue weighted by Crippen LogP contribution is 2.12. The van der Waals surface area contributed by atoms with Crippen LogP contribution in [0.2, 0.25) is 0 Å². The number of rotatable bonds is 1. The lowest BCUT2D eigenvalue weighted by atomic mass is 10.1. The van der Waals surface area contributed by atoms with Gasteiger partial charge >= 0.3 is 5.97 Å². The van der Waals surface area contributed by atoms with Gasteiger partial charge < -0.3 is 4.74 Å². The number of methoxy groups -OCH3 is 1. The van der Waals surface area contributed by atoms with Crippen LogP contribution in [0.3, 0.4) is 0 Å². The van der Waals surface area contributed by atoms with Gasteiger partial charge in [-0.2, -0.15) is 0 Å². The monoisotopic (exact) mass is 141 g/mol. The van der Waals surface area contributed by atoms with Crippen LogP contribution in [0, 0.1) is 5.92 Å². The number of carbonyl (C=O) groups is 1. The van der Waals surface area contributed by atoms with Gasteiger partial charge in [0.1, 0.15) is 5.71 Å². The molecule has 3 nitrogen and oxygen atoms in total. The summed E-state index contributed by atoms with van der Waals surface area (Å²) in [4.78, 5) is 14.8. The van der Waals surface area contributed by atoms with Crippen molar-refractivity contribution in [3.05, 3.63) is 0 Å². The largest absolute Gasteiger partial charge is 0.465 e. The number of hydrogen-bond donors (Lipinski definition) is 0. The Labute approximate surface area is 60.1 Å². The smallest absolute Gasteiger partial charge is 0.351 e. The topological polar surface area (TPSA) is 38.7 Å². The Morgan fingerprint density at radius 1 is 1.80 bits per heavy atom. The van der Waals surface area contributed by atoms with Crippen LogP contribution in [-0.4, -0.2) is 25.3 Å². The van der Waals surface area contributed by atoms with Crippen molar-refractivity contribution in [1.82, 2.24) is 0 Å². The molecule has 0 unspecified atom stereocenters. The van der Waals surface area contributed by atoms with Crippen LogP contribution in [0.4, 0.5) is 0 Å². The van der Waals surface area contributed by atoms with Crippen LogP contribution in [0.25, 0.3) is 0 Å². The van der Waals surface area contributed by atoms with Crippen LogP contribution in [-0.2, 0) is 9.53 Å². The van der Waals surface area contributed by atoms with Crippen molar-refractivity contribution in [1.29, 1.82) is 0 Å². The molecule has 0 aromatic rings. The number of aliphatic imine (C=N–C) groups is 1. The van der Waals surface area contributed by atoms with Crippen LogP contribution in [0.1, 0.15) is 13.3 Å². The molecular formula is C7H11NO2. The van der Waals surface area contributed by atoms with E-state index in [-0.39, 0.29) is 5.97 Å². The van der Waals surface area contributed by atoms with E-state index in [0.29, 0.717) is 11.6 Å². The fourth-order valence-corrected chi connectivity index (χ4v) is 0.991. The standard InChI is InChI=1S/C7H11NO2/c1-5-3-6(8-4-5)7(9)10-2/h5H,3-4H2,1-2H3/t5-/m1/s1. The second-order valence-corrected chi connectivity index (χ2v) is 2.59. The molecule has 0 aliphatic carbocycles. The molecule has 0 aromatic carbocycles. The molecule has 0 radical (unpaired) electrons. The summed E-state index contributed by atoms with van der Waals surface area (Å²) < 4.78 is 4.51. The Morgan fingerprint density at radius 2 is 2.50 bits per heavy atom. The molecular weight excluding hydrogens is 130 g/mol. The molecule has 1 heterocycles. The fourth-order valence-electron chi connectivity index (χ4n) is 0.991. The van der Waals surface area contributed by atoms with Gasteiger partial charge in [0.15, 0.2) is 0 Å². The summed E-state index contributed by atoms with van der Waals surface area (Å²) in [5.74, 6) is 0.235. The Bertz CT molecular complexity index is 174. The van der Waals surface area contributed by atoms with E-state index in [1.165, 1.54) is 7.11 Å². The Kier molecular flexibility index (Phi) is 2.04. The third-order valence-corrected chi connectivity index (χ3v) is 1.56. The predicted molar refractivity (Wildman–Crippen MR) is 38.1 cm³/mol. The van der Waals surface area contributed by atoms with E-state index in [1.54, 1.807) is 0 Å². The predicted octanol–water partition coefficient (Wildman–Crippen LogP) is 0.640. The van der Waals surface area contributed by atoms with E-state index in [1.807, 2.05) is 0 Å². The third-order valence-electron chi connectivity index (χ3n) is 1.56. The van der Waals surface area contributed by atoms with Crippen molar-refractivity contribution in [3.63, 3.8) is 0 Å². The molecule has 1 rings (SSSR count). The summed E-state index contributed by atoms with van der Waals surface area (Å²) in [6.45, 7) is 2.84. The number of carbonyl (C=O) groups excluding carboxylic acids is 1. The van der Waals surface area contributed by atoms with E-state index in [9.17, 15) is 4.79 Å². The van der Waals surface area contributed by atoms with E-state index >= 15 is 0 Å². The molecule has 3 heteroatoms. The molecule has 1 atom stereocenters. The summed E-state index contributed by atoms with van der Waals surface area (Å²) >= 11 is 0. The van der Waals surface area contributed by atoms with E-state index < -0.39 is 0 Å². The lowest BCUT2D eigenvalue weighted by Crippen LogP contribution is -2.13. The average molecular weight is 141 g/mol. The van der Waals surface area contributed by atoms with Gasteiger partial charge in [0, 0.05) is 13.0 Å². The van der Waals surface area contributed by atoms with E-state index in [0.717, 1.165) is 13.0 Å². The summed E-state index contributed by atoms with van der Waals surface area (Å²) in [6, 6.07) is 0. The zero-order valence-electron chi connectivity index (χ0n) is 6.26. The second kappa shape index (κ2) is 2.82. The minimum Gasteiger partial charge on any atom is -0.465 e. The van der Waals surface area contributed by atoms with Gasteiger partial charge in [-0.3, -0.25) is 4.99 Å². The molecule has 0 bridgehead atoms. The van der Waals surface area contributed by atoms with Crippen molar-refractivity contribution in [2.45, 2.75) is 13.3 Å². The molecule has 0 N–H and O–H groups in total. The summed E-state index contributed by atoms with van der Waals surface area (Å²) in [5, 5.41) is 0. The first-order chi connectivity index (χ1) is 4.74. The maximum absolute atomic E-state index is 10.8. The lowest BCUT2D eigenvalue weighted by molar-refractivity contribution is -0.132. The SMILES string of the molecule is COC(=O)C1=NC[C@H](C)C1. The minimum absolute atomic E-state index is 0.274. The Morgan fingerprint density at radius 3 is 2.90 bits per heavy atom. The molecule has 0 amide bonds. The Balaban J connectivity index is 2.51. The molecule has 0 aromatic heterocycles. The maximum atomic E-state index is 10.8. The molecule has 10 heavy (non-hydrogen) atoms. The van der Waals surface area contributed by atoms with Gasteiger partial charge in [-0.15, -0.1) is 0 Å². The van der Waals surface area contributed by atoms with Crippen molar-refractivity contribution >= 4 is 11.7 Å². The first-order valence-corrected chi connectivity index (χ1v) is 3.35. The minimum atomic E-state index is -0.274. The van der Waals surface area contributed by atoms with Crippen LogP contribution in [0.15, 0.2) is 4.99 Å². The van der Waals surface area contributed by atoms with Gasteiger partial charge in [-0.05, 0) is 5.92 Å². The van der Waals surface area contributed by atoms with Gasteiger partial charge in [-0.25, -0.2) is 4.79 Å². The molecule has 0 saturated heterocycles. The van der Waals surface area contributed by atoms with Gasteiger partial charge in [0.05, 0.1) is 7.11 Å². The van der Waals surface area contributed by atoms with Crippen LogP contribution in [0.5, 0.6) is 0 Å². The summed E-state index contributed by atoms with van der Waals surface area (Å²) in [7, 11) is 1.38. The maximum Gasteiger partial charge on any atom is 0.351 e. The zero-order valence-corrected chi connectivity index (χ0v) is 6.26. The number of nitrogens with zero attached hydrogens (tertiary/aromatic N) is 1. The van der Waals surface area contributed by atoms with Crippen molar-refractivity contribution < 1.29 is 9.53 Å². The molecule has 1 aliphatic rings. The Hall–Kier alpha value is -0.860.